The van der Waals surface area contributed by atoms with Gasteiger partial charge in [0.1, 0.15) is 23.7 Å². The second-order valence-corrected chi connectivity index (χ2v) is 14.5. The van der Waals surface area contributed by atoms with E-state index in [0.717, 1.165) is 78.1 Å². The molecule has 10 nitrogen and oxygen atoms in total. The van der Waals surface area contributed by atoms with E-state index in [-0.39, 0.29) is 37.9 Å². The van der Waals surface area contributed by atoms with Gasteiger partial charge in [0.2, 0.25) is 0 Å². The fraction of sp³-hybridized carbons (Fsp3) is 0.261. The molecule has 10 heteroatoms. The van der Waals surface area contributed by atoms with Gasteiger partial charge in [-0.25, -0.2) is 9.97 Å². The van der Waals surface area contributed by atoms with E-state index in [4.69, 9.17) is 19.4 Å². The average Bonchev–Trinajstić information content (AvgIpc) is 3.83. The van der Waals surface area contributed by atoms with Gasteiger partial charge >= 0.3 is 11.9 Å². The van der Waals surface area contributed by atoms with Crippen molar-refractivity contribution in [3.8, 4) is 11.5 Å². The summed E-state index contributed by atoms with van der Waals surface area (Å²) in [5, 5.41) is 19.4. The second kappa shape index (κ2) is 15.7. The molecule has 2 aliphatic rings. The normalized spacial score (nSPS) is 13.8. The highest BCUT2D eigenvalue weighted by molar-refractivity contribution is 5.96. The summed E-state index contributed by atoms with van der Waals surface area (Å²) in [4.78, 5) is 41.2. The lowest BCUT2D eigenvalue weighted by Gasteiger charge is -2.16. The van der Waals surface area contributed by atoms with Gasteiger partial charge in [-0.15, -0.1) is 0 Å². The zero-order valence-corrected chi connectivity index (χ0v) is 32.5. The minimum atomic E-state index is -0.903. The van der Waals surface area contributed by atoms with E-state index < -0.39 is 11.9 Å². The molecule has 2 atom stereocenters. The van der Waals surface area contributed by atoms with Crippen molar-refractivity contribution in [2.24, 2.45) is 0 Å². The minimum Gasteiger partial charge on any atom is -0.486 e. The zero-order chi connectivity index (χ0) is 39.7. The molecular weight excluding hydrogens is 705 g/mol. The predicted octanol–water partition coefficient (Wildman–Crippen LogP) is 10.8. The number of carboxylic acids is 2. The highest BCUT2D eigenvalue weighted by atomic mass is 16.5. The lowest BCUT2D eigenvalue weighted by Crippen LogP contribution is -2.04. The van der Waals surface area contributed by atoms with Crippen LogP contribution in [0.4, 0.5) is 0 Å². The van der Waals surface area contributed by atoms with Gasteiger partial charge in [0.15, 0.2) is 0 Å². The number of allylic oxidation sites excluding steroid dienone is 4. The Balaban J connectivity index is 1.55. The molecule has 286 valence electrons. The number of nitrogens with zero attached hydrogens (tertiary/aromatic N) is 2. The standard InChI is InChI=1S/C46H46N4O6/c1-25-33(17-19-43(51)52)39-24-40-34(18-20-44(53)54)26(2)36(48-40)22-41-46(30(6)56-32-15-11-8-12-16-32)28(4)38(50-41)23-42-45(27(3)37(49-42)21-35(25)47-39)29(5)55-31-13-9-7-10-14-31/h7-16,21-24,29-30,49-50H,17-20H2,1-6H3,(H,51,52)(H,53,54). The number of hydrogen-bond donors (Lipinski definition) is 4. The van der Waals surface area contributed by atoms with Gasteiger partial charge in [0.05, 0.1) is 22.8 Å². The third kappa shape index (κ3) is 7.73. The Kier molecular flexibility index (Phi) is 10.6. The first-order valence-electron chi connectivity index (χ1n) is 18.9. The van der Waals surface area contributed by atoms with E-state index in [1.165, 1.54) is 0 Å². The average molecular weight is 751 g/mol. The van der Waals surface area contributed by atoms with Gasteiger partial charge in [-0.3, -0.25) is 9.59 Å². The maximum absolute atomic E-state index is 11.8. The number of carbonyl (C=O) groups is 2. The molecule has 0 fully saturated rings. The van der Waals surface area contributed by atoms with Gasteiger partial charge in [0, 0.05) is 46.0 Å². The number of H-pyrrole nitrogens is 2. The molecule has 0 saturated carbocycles. The minimum absolute atomic E-state index is 0.0649. The number of para-hydroxylation sites is 2. The van der Waals surface area contributed by atoms with Crippen LogP contribution in [0.3, 0.4) is 0 Å². The quantitative estimate of drug-likeness (QED) is 0.0984. The lowest BCUT2D eigenvalue weighted by atomic mass is 9.98. The molecule has 7 rings (SSSR count). The number of fused-ring (bicyclic) bond motifs is 8. The molecule has 3 aromatic heterocycles. The molecule has 0 saturated heterocycles. The third-order valence-electron chi connectivity index (χ3n) is 10.7. The van der Waals surface area contributed by atoms with E-state index >= 15 is 0 Å². The Morgan fingerprint density at radius 1 is 0.571 bits per heavy atom. The summed E-state index contributed by atoms with van der Waals surface area (Å²) in [5.74, 6) is -0.301. The van der Waals surface area contributed by atoms with E-state index in [9.17, 15) is 19.8 Å². The molecule has 2 aromatic carbocycles. The van der Waals surface area contributed by atoms with Gasteiger partial charge in [-0.2, -0.15) is 0 Å². The van der Waals surface area contributed by atoms with Crippen molar-refractivity contribution in [2.75, 3.05) is 0 Å². The Morgan fingerprint density at radius 3 is 1.39 bits per heavy atom. The molecule has 0 spiro atoms. The number of aliphatic carboxylic acids is 2. The van der Waals surface area contributed by atoms with Crippen LogP contribution in [0.2, 0.25) is 0 Å². The summed E-state index contributed by atoms with van der Waals surface area (Å²) < 4.78 is 13.0. The van der Waals surface area contributed by atoms with Crippen molar-refractivity contribution in [3.05, 3.63) is 130 Å². The molecule has 5 heterocycles. The van der Waals surface area contributed by atoms with E-state index in [0.29, 0.717) is 22.8 Å². The number of aromatic nitrogens is 4. The Bertz CT molecular complexity index is 2570. The summed E-state index contributed by atoms with van der Waals surface area (Å²) in [6, 6.07) is 27.5. The van der Waals surface area contributed by atoms with Crippen LogP contribution >= 0.6 is 0 Å². The monoisotopic (exact) mass is 750 g/mol. The van der Waals surface area contributed by atoms with Gasteiger partial charge in [-0.05, 0) is 136 Å². The number of aromatic amines is 2. The molecule has 4 N–H and O–H groups in total. The number of carboxylic acid groups (broad SMARTS) is 2. The smallest absolute Gasteiger partial charge is 0.303 e. The van der Waals surface area contributed by atoms with Crippen molar-refractivity contribution in [2.45, 2.75) is 79.4 Å². The fourth-order valence-corrected chi connectivity index (χ4v) is 7.81. The maximum Gasteiger partial charge on any atom is 0.303 e. The number of hydrogen-bond acceptors (Lipinski definition) is 6. The van der Waals surface area contributed by atoms with Crippen LogP contribution in [-0.2, 0) is 9.59 Å². The zero-order valence-electron chi connectivity index (χ0n) is 32.5. The third-order valence-corrected chi connectivity index (χ3v) is 10.7. The van der Waals surface area contributed by atoms with Crippen molar-refractivity contribution >= 4 is 56.3 Å². The van der Waals surface area contributed by atoms with E-state index in [2.05, 4.69) is 29.9 Å². The largest absolute Gasteiger partial charge is 0.486 e. The van der Waals surface area contributed by atoms with Crippen molar-refractivity contribution in [1.82, 2.24) is 19.9 Å². The summed E-state index contributed by atoms with van der Waals surface area (Å²) in [5.41, 5.74) is 13.3. The van der Waals surface area contributed by atoms with Crippen LogP contribution in [0.15, 0.2) is 84.9 Å². The van der Waals surface area contributed by atoms with Crippen LogP contribution in [0.5, 0.6) is 11.5 Å². The summed E-state index contributed by atoms with van der Waals surface area (Å²) >= 11 is 0. The highest BCUT2D eigenvalue weighted by Gasteiger charge is 2.25. The number of aryl methyl sites for hydroxylation is 2. The van der Waals surface area contributed by atoms with Crippen LogP contribution in [0, 0.1) is 13.8 Å². The van der Waals surface area contributed by atoms with Gasteiger partial charge in [0.25, 0.3) is 0 Å². The summed E-state index contributed by atoms with van der Waals surface area (Å²) in [6.45, 7) is 12.2. The molecule has 8 bridgehead atoms. The predicted molar refractivity (Wildman–Crippen MR) is 220 cm³/mol. The highest BCUT2D eigenvalue weighted by Crippen LogP contribution is 2.39. The van der Waals surface area contributed by atoms with Gasteiger partial charge < -0.3 is 29.7 Å². The Morgan fingerprint density at radius 2 is 0.964 bits per heavy atom. The maximum atomic E-state index is 11.8. The first-order chi connectivity index (χ1) is 26.9. The molecule has 2 unspecified atom stereocenters. The molecule has 0 radical (unpaired) electrons. The summed E-state index contributed by atoms with van der Waals surface area (Å²) in [7, 11) is 0. The first-order valence-corrected chi connectivity index (χ1v) is 18.9. The lowest BCUT2D eigenvalue weighted by molar-refractivity contribution is -0.137. The molecular formula is C46H46N4O6. The Labute approximate surface area is 325 Å². The fourth-order valence-electron chi connectivity index (χ4n) is 7.81. The number of rotatable bonds is 12. The molecule has 2 aliphatic heterocycles. The van der Waals surface area contributed by atoms with Gasteiger partial charge in [-0.1, -0.05) is 36.4 Å². The topological polar surface area (TPSA) is 150 Å². The molecule has 0 aliphatic carbocycles. The SMILES string of the molecule is CC1=C(CCC(=O)O)c2cc3nc(cc4[nH]c(cc5[nH]c(cc1n2)c(C)c5C(C)Oc1ccccc1)c(C)c4C(C)Oc1ccccc1)C(C)=C3CCC(=O)O. The first kappa shape index (κ1) is 37.9. The van der Waals surface area contributed by atoms with Crippen LogP contribution in [-0.4, -0.2) is 42.1 Å². The van der Waals surface area contributed by atoms with E-state index in [1.54, 1.807) is 0 Å². The van der Waals surface area contributed by atoms with Crippen molar-refractivity contribution in [1.29, 1.82) is 0 Å². The van der Waals surface area contributed by atoms with Crippen LogP contribution in [0.1, 0.15) is 111 Å². The molecule has 56 heavy (non-hydrogen) atoms. The van der Waals surface area contributed by atoms with Crippen molar-refractivity contribution in [3.63, 3.8) is 0 Å². The molecule has 5 aromatic rings. The second-order valence-electron chi connectivity index (χ2n) is 14.5. The summed E-state index contributed by atoms with van der Waals surface area (Å²) in [6.07, 6.45) is -0.257. The van der Waals surface area contributed by atoms with Crippen LogP contribution in [0.25, 0.3) is 44.4 Å². The van der Waals surface area contributed by atoms with Crippen molar-refractivity contribution < 1.29 is 29.3 Å². The van der Waals surface area contributed by atoms with E-state index in [1.807, 2.05) is 107 Å². The Hall–Kier alpha value is -6.42. The number of ether oxygens (including phenoxy) is 2. The number of benzene rings is 2. The van der Waals surface area contributed by atoms with Crippen LogP contribution < -0.4 is 9.47 Å². The number of nitrogens with one attached hydrogen (secondary N) is 2. The molecule has 0 amide bonds.